The summed E-state index contributed by atoms with van der Waals surface area (Å²) in [7, 11) is 3.00. The molecule has 136 valence electrons. The van der Waals surface area contributed by atoms with Gasteiger partial charge in [-0.3, -0.25) is 4.79 Å². The van der Waals surface area contributed by atoms with E-state index in [4.69, 9.17) is 19.3 Å². The maximum atomic E-state index is 12.1. The first-order chi connectivity index (χ1) is 11.8. The molecule has 7 heteroatoms. The lowest BCUT2D eigenvalue weighted by Crippen LogP contribution is -2.14. The van der Waals surface area contributed by atoms with E-state index in [1.807, 2.05) is 6.92 Å². The predicted molar refractivity (Wildman–Crippen MR) is 89.1 cm³/mol. The van der Waals surface area contributed by atoms with Gasteiger partial charge in [0.25, 0.3) is 0 Å². The Hall–Kier alpha value is -2.54. The van der Waals surface area contributed by atoms with E-state index in [-0.39, 0.29) is 13.0 Å². The minimum atomic E-state index is -1.08. The number of rotatable bonds is 7. The van der Waals surface area contributed by atoms with E-state index >= 15 is 0 Å². The monoisotopic (exact) mass is 350 g/mol. The van der Waals surface area contributed by atoms with Gasteiger partial charge in [-0.1, -0.05) is 6.08 Å². The number of carboxylic acids is 1. The quantitative estimate of drug-likeness (QED) is 0.573. The van der Waals surface area contributed by atoms with Crippen molar-refractivity contribution in [1.82, 2.24) is 0 Å². The largest absolute Gasteiger partial charge is 0.496 e. The zero-order valence-electron chi connectivity index (χ0n) is 14.7. The zero-order chi connectivity index (χ0) is 18.7. The second kappa shape index (κ2) is 7.57. The molecule has 1 aromatic carbocycles. The molecule has 1 aromatic rings. The Labute approximate surface area is 145 Å². The number of ether oxygens (including phenoxy) is 3. The van der Waals surface area contributed by atoms with E-state index in [9.17, 15) is 14.7 Å². The Balaban J connectivity index is 2.47. The number of allylic oxidation sites excluding steroid dienone is 1. The van der Waals surface area contributed by atoms with Crippen molar-refractivity contribution < 1.29 is 34.0 Å². The second-order valence-corrected chi connectivity index (χ2v) is 5.87. The van der Waals surface area contributed by atoms with Gasteiger partial charge in [0.2, 0.25) is 0 Å². The standard InChI is InChI=1S/C18H22O7/c1-9(13(19)7-14(20)21)5-6-11-16(23-3)10(2)12-8-25-18(22)15(12)17(11)24-4/h5,13,19H,6-8H2,1-4H3,(H,20,21)/b9-5+/t13-/m0/s1. The molecule has 0 spiro atoms. The lowest BCUT2D eigenvalue weighted by molar-refractivity contribution is -0.138. The molecule has 0 aromatic heterocycles. The van der Waals surface area contributed by atoms with Crippen molar-refractivity contribution in [2.75, 3.05) is 14.2 Å². The fourth-order valence-corrected chi connectivity index (χ4v) is 2.96. The van der Waals surface area contributed by atoms with Gasteiger partial charge in [0.05, 0.1) is 26.7 Å². The van der Waals surface area contributed by atoms with Crippen LogP contribution in [-0.4, -0.2) is 42.5 Å². The van der Waals surface area contributed by atoms with Crippen LogP contribution in [0.4, 0.5) is 0 Å². The third kappa shape index (κ3) is 3.61. The minimum absolute atomic E-state index is 0.180. The maximum absolute atomic E-state index is 12.1. The van der Waals surface area contributed by atoms with Crippen LogP contribution in [0.5, 0.6) is 11.5 Å². The third-order valence-electron chi connectivity index (χ3n) is 4.35. The lowest BCUT2D eigenvalue weighted by atomic mass is 9.94. The number of carboxylic acid groups (broad SMARTS) is 1. The summed E-state index contributed by atoms with van der Waals surface area (Å²) in [5.41, 5.74) is 3.12. The fourth-order valence-electron chi connectivity index (χ4n) is 2.96. The van der Waals surface area contributed by atoms with Gasteiger partial charge in [0, 0.05) is 11.1 Å². The van der Waals surface area contributed by atoms with Crippen LogP contribution in [-0.2, 0) is 22.6 Å². The first-order valence-electron chi connectivity index (χ1n) is 7.81. The molecule has 0 radical (unpaired) electrons. The number of methoxy groups -OCH3 is 2. The summed E-state index contributed by atoms with van der Waals surface area (Å²) in [5.74, 6) is -0.542. The van der Waals surface area contributed by atoms with Crippen molar-refractivity contribution in [1.29, 1.82) is 0 Å². The molecule has 1 atom stereocenters. The van der Waals surface area contributed by atoms with Crippen LogP contribution in [0.15, 0.2) is 11.6 Å². The van der Waals surface area contributed by atoms with Crippen molar-refractivity contribution in [3.8, 4) is 11.5 Å². The summed E-state index contributed by atoms with van der Waals surface area (Å²) in [4.78, 5) is 22.8. The Morgan fingerprint density at radius 3 is 2.52 bits per heavy atom. The number of hydrogen-bond acceptors (Lipinski definition) is 6. The molecule has 0 saturated heterocycles. The summed E-state index contributed by atoms with van der Waals surface area (Å²) in [6.07, 6.45) is 0.581. The first-order valence-corrected chi connectivity index (χ1v) is 7.81. The van der Waals surface area contributed by atoms with Gasteiger partial charge in [-0.15, -0.1) is 0 Å². The normalized spacial score (nSPS) is 14.8. The number of aliphatic carboxylic acids is 1. The number of esters is 1. The molecule has 0 aliphatic carbocycles. The van der Waals surface area contributed by atoms with Crippen LogP contribution in [0.25, 0.3) is 0 Å². The molecular weight excluding hydrogens is 328 g/mol. The molecule has 1 aliphatic heterocycles. The van der Waals surface area contributed by atoms with Crippen molar-refractivity contribution in [2.45, 2.75) is 39.4 Å². The SMILES string of the molecule is COc1c(C)c2c(c(OC)c1C/C=C(\C)[C@@H](O)CC(=O)O)C(=O)OC2. The van der Waals surface area contributed by atoms with Gasteiger partial charge in [0.1, 0.15) is 23.7 Å². The Bertz CT molecular complexity index is 734. The lowest BCUT2D eigenvalue weighted by Gasteiger charge is -2.18. The Morgan fingerprint density at radius 1 is 1.32 bits per heavy atom. The molecule has 2 rings (SSSR count). The molecule has 0 fully saturated rings. The highest BCUT2D eigenvalue weighted by Crippen LogP contribution is 2.42. The van der Waals surface area contributed by atoms with Crippen LogP contribution < -0.4 is 9.47 Å². The zero-order valence-corrected chi connectivity index (χ0v) is 14.7. The average Bonchev–Trinajstić information content (AvgIpc) is 2.94. The molecule has 25 heavy (non-hydrogen) atoms. The van der Waals surface area contributed by atoms with E-state index in [1.165, 1.54) is 14.2 Å². The number of fused-ring (bicyclic) bond motifs is 1. The van der Waals surface area contributed by atoms with Gasteiger partial charge in [0.15, 0.2) is 0 Å². The molecule has 1 heterocycles. The number of aliphatic hydroxyl groups is 1. The van der Waals surface area contributed by atoms with E-state index < -0.39 is 18.0 Å². The third-order valence-corrected chi connectivity index (χ3v) is 4.35. The van der Waals surface area contributed by atoms with Gasteiger partial charge in [-0.25, -0.2) is 4.79 Å². The molecule has 0 saturated carbocycles. The second-order valence-electron chi connectivity index (χ2n) is 5.87. The summed E-state index contributed by atoms with van der Waals surface area (Å²) in [5, 5.41) is 18.7. The van der Waals surface area contributed by atoms with Crippen LogP contribution in [0.2, 0.25) is 0 Å². The number of carbonyl (C=O) groups is 2. The van der Waals surface area contributed by atoms with E-state index in [0.29, 0.717) is 34.6 Å². The van der Waals surface area contributed by atoms with E-state index in [0.717, 1.165) is 11.1 Å². The number of benzene rings is 1. The van der Waals surface area contributed by atoms with E-state index in [2.05, 4.69) is 0 Å². The van der Waals surface area contributed by atoms with Crippen LogP contribution in [0, 0.1) is 6.92 Å². The van der Waals surface area contributed by atoms with Crippen LogP contribution in [0.1, 0.15) is 40.4 Å². The highest BCUT2D eigenvalue weighted by molar-refractivity contribution is 5.98. The van der Waals surface area contributed by atoms with Crippen molar-refractivity contribution >= 4 is 11.9 Å². The van der Waals surface area contributed by atoms with Gasteiger partial charge >= 0.3 is 11.9 Å². The van der Waals surface area contributed by atoms with Gasteiger partial charge in [-0.05, 0) is 31.4 Å². The Morgan fingerprint density at radius 2 is 1.96 bits per heavy atom. The fraction of sp³-hybridized carbons (Fsp3) is 0.444. The number of carbonyl (C=O) groups excluding carboxylic acids is 1. The maximum Gasteiger partial charge on any atom is 0.342 e. The summed E-state index contributed by atoms with van der Waals surface area (Å²) >= 11 is 0. The number of hydrogen-bond donors (Lipinski definition) is 2. The van der Waals surface area contributed by atoms with Crippen molar-refractivity contribution in [3.63, 3.8) is 0 Å². The van der Waals surface area contributed by atoms with E-state index in [1.54, 1.807) is 13.0 Å². The average molecular weight is 350 g/mol. The highest BCUT2D eigenvalue weighted by Gasteiger charge is 2.32. The van der Waals surface area contributed by atoms with Gasteiger partial charge < -0.3 is 24.4 Å². The summed E-state index contributed by atoms with van der Waals surface area (Å²) < 4.78 is 16.1. The van der Waals surface area contributed by atoms with Gasteiger partial charge in [-0.2, -0.15) is 0 Å². The molecule has 1 aliphatic rings. The summed E-state index contributed by atoms with van der Waals surface area (Å²) in [6.45, 7) is 3.68. The smallest absolute Gasteiger partial charge is 0.342 e. The predicted octanol–water partition coefficient (Wildman–Crippen LogP) is 2.01. The number of aliphatic hydroxyl groups excluding tert-OH is 1. The highest BCUT2D eigenvalue weighted by atomic mass is 16.5. The van der Waals surface area contributed by atoms with Crippen molar-refractivity contribution in [2.24, 2.45) is 0 Å². The molecule has 2 N–H and O–H groups in total. The topological polar surface area (TPSA) is 102 Å². The number of cyclic esters (lactones) is 1. The molecule has 7 nitrogen and oxygen atoms in total. The summed E-state index contributed by atoms with van der Waals surface area (Å²) in [6, 6.07) is 0. The first kappa shape index (κ1) is 18.8. The molecular formula is C18H22O7. The van der Waals surface area contributed by atoms with Crippen molar-refractivity contribution in [3.05, 3.63) is 33.9 Å². The molecule has 0 bridgehead atoms. The Kier molecular flexibility index (Phi) is 5.69. The van der Waals surface area contributed by atoms with Crippen LogP contribution >= 0.6 is 0 Å². The molecule has 0 unspecified atom stereocenters. The molecule has 0 amide bonds. The van der Waals surface area contributed by atoms with Crippen LogP contribution in [0.3, 0.4) is 0 Å². The minimum Gasteiger partial charge on any atom is -0.496 e.